The Kier molecular flexibility index (Phi) is 3.13. The maximum atomic E-state index is 10.8. The summed E-state index contributed by atoms with van der Waals surface area (Å²) in [5.41, 5.74) is 6.01. The summed E-state index contributed by atoms with van der Waals surface area (Å²) in [6.07, 6.45) is 0. The van der Waals surface area contributed by atoms with Gasteiger partial charge in [-0.1, -0.05) is 20.4 Å². The van der Waals surface area contributed by atoms with Gasteiger partial charge in [-0.3, -0.25) is 4.79 Å². The van der Waals surface area contributed by atoms with Crippen molar-refractivity contribution >= 4 is 5.78 Å². The summed E-state index contributed by atoms with van der Waals surface area (Å²) in [5, 5.41) is 0. The van der Waals surface area contributed by atoms with Crippen LogP contribution < -0.4 is 5.73 Å². The number of hydrogen-bond donors (Lipinski definition) is 1. The Balaban J connectivity index is 4.07. The third-order valence-corrected chi connectivity index (χ3v) is 1.98. The van der Waals surface area contributed by atoms with Crippen LogP contribution in [-0.4, -0.2) is 5.78 Å². The van der Waals surface area contributed by atoms with Crippen molar-refractivity contribution in [2.24, 2.45) is 17.6 Å². The van der Waals surface area contributed by atoms with Crippen LogP contribution in [0.3, 0.4) is 0 Å². The smallest absolute Gasteiger partial charge is 0.133 e. The van der Waals surface area contributed by atoms with Crippen LogP contribution in [0, 0.1) is 11.8 Å². The molecule has 0 amide bonds. The molecule has 0 aromatic rings. The maximum Gasteiger partial charge on any atom is 0.133 e. The molecule has 0 bridgehead atoms. The van der Waals surface area contributed by atoms with Crippen molar-refractivity contribution < 1.29 is 4.79 Å². The molecule has 0 aromatic carbocycles. The number of carbonyl (C=O) groups excluding carboxylic acids is 1. The van der Waals surface area contributed by atoms with Gasteiger partial charge in [0.1, 0.15) is 5.78 Å². The first-order valence-corrected chi connectivity index (χ1v) is 3.41. The third-order valence-electron chi connectivity index (χ3n) is 1.98. The van der Waals surface area contributed by atoms with E-state index in [0.717, 1.165) is 0 Å². The highest BCUT2D eigenvalue weighted by Gasteiger charge is 2.16. The van der Waals surface area contributed by atoms with Crippen molar-refractivity contribution in [1.82, 2.24) is 0 Å². The zero-order valence-corrected chi connectivity index (χ0v) is 6.85. The first-order valence-electron chi connectivity index (χ1n) is 3.41. The summed E-state index contributed by atoms with van der Waals surface area (Å²) >= 11 is 0. The molecule has 0 saturated carbocycles. The number of hydrogen-bond acceptors (Lipinski definition) is 2. The molecule has 0 aliphatic heterocycles. The van der Waals surface area contributed by atoms with E-state index in [-0.39, 0.29) is 17.6 Å². The summed E-state index contributed by atoms with van der Waals surface area (Å²) in [6.45, 7) is 8.93. The number of carbonyl (C=O) groups is 1. The number of rotatable bonds is 3. The van der Waals surface area contributed by atoms with Crippen molar-refractivity contribution in [3.8, 4) is 0 Å². The molecule has 2 unspecified atom stereocenters. The average Bonchev–Trinajstić information content (AvgIpc) is 1.84. The van der Waals surface area contributed by atoms with Crippen LogP contribution in [0.15, 0.2) is 12.3 Å². The fourth-order valence-electron chi connectivity index (χ4n) is 0.673. The molecule has 0 spiro atoms. The van der Waals surface area contributed by atoms with E-state index in [4.69, 9.17) is 5.73 Å². The molecule has 0 aliphatic carbocycles. The minimum Gasteiger partial charge on any atom is -0.402 e. The third kappa shape index (κ3) is 2.21. The van der Waals surface area contributed by atoms with E-state index >= 15 is 0 Å². The number of Topliss-reactive ketones (excluding diaryl/α,β-unsaturated/α-hetero) is 1. The monoisotopic (exact) mass is 141 g/mol. The second-order valence-corrected chi connectivity index (χ2v) is 2.76. The highest BCUT2D eigenvalue weighted by molar-refractivity contribution is 5.78. The van der Waals surface area contributed by atoms with Gasteiger partial charge < -0.3 is 5.73 Å². The minimum absolute atomic E-state index is 0.00231. The van der Waals surface area contributed by atoms with E-state index in [9.17, 15) is 4.79 Å². The van der Waals surface area contributed by atoms with Crippen LogP contribution >= 0.6 is 0 Å². The highest BCUT2D eigenvalue weighted by Crippen LogP contribution is 2.15. The predicted molar refractivity (Wildman–Crippen MR) is 42.3 cm³/mol. The fraction of sp³-hybridized carbons (Fsp3) is 0.625. The molecular formula is C8H15NO. The molecule has 0 saturated heterocycles. The van der Waals surface area contributed by atoms with Gasteiger partial charge in [0.25, 0.3) is 0 Å². The predicted octanol–water partition coefficient (Wildman–Crippen LogP) is 1.32. The summed E-state index contributed by atoms with van der Waals surface area (Å²) in [7, 11) is 0. The molecule has 2 N–H and O–H groups in total. The van der Waals surface area contributed by atoms with Crippen molar-refractivity contribution in [2.45, 2.75) is 20.8 Å². The molecular weight excluding hydrogens is 126 g/mol. The van der Waals surface area contributed by atoms with Crippen molar-refractivity contribution in [3.63, 3.8) is 0 Å². The Labute approximate surface area is 62.1 Å². The molecule has 0 fully saturated rings. The molecule has 0 aliphatic rings. The number of ketones is 1. The average molecular weight is 141 g/mol. The van der Waals surface area contributed by atoms with E-state index in [1.807, 2.05) is 13.8 Å². The van der Waals surface area contributed by atoms with E-state index in [1.165, 1.54) is 0 Å². The molecule has 2 nitrogen and oxygen atoms in total. The minimum atomic E-state index is -0.00231. The Morgan fingerprint density at radius 2 is 1.80 bits per heavy atom. The summed E-state index contributed by atoms with van der Waals surface area (Å²) < 4.78 is 0. The molecule has 0 rings (SSSR count). The van der Waals surface area contributed by atoms with Crippen LogP contribution in [0.25, 0.3) is 0 Å². The van der Waals surface area contributed by atoms with Crippen molar-refractivity contribution in [2.75, 3.05) is 0 Å². The standard InChI is InChI=1S/C8H15NO/c1-5(7(3)9)6(2)8(4)10/h5-6H,3,9H2,1-2,4H3. The lowest BCUT2D eigenvalue weighted by Crippen LogP contribution is -2.20. The summed E-state index contributed by atoms with van der Waals surface area (Å²) in [5.74, 6) is 0.258. The first kappa shape index (κ1) is 9.21. The SMILES string of the molecule is C=C(N)C(C)C(C)C(C)=O. The van der Waals surface area contributed by atoms with Crippen LogP contribution in [0.5, 0.6) is 0 Å². The van der Waals surface area contributed by atoms with Gasteiger partial charge in [0.2, 0.25) is 0 Å². The van der Waals surface area contributed by atoms with E-state index in [1.54, 1.807) is 6.92 Å². The number of nitrogens with two attached hydrogens (primary N) is 1. The second kappa shape index (κ2) is 3.40. The lowest BCUT2D eigenvalue weighted by atomic mass is 9.91. The Bertz CT molecular complexity index is 133. The normalized spacial score (nSPS) is 15.9. The van der Waals surface area contributed by atoms with E-state index in [0.29, 0.717) is 5.70 Å². The second-order valence-electron chi connectivity index (χ2n) is 2.76. The molecule has 0 radical (unpaired) electrons. The molecule has 58 valence electrons. The van der Waals surface area contributed by atoms with E-state index in [2.05, 4.69) is 6.58 Å². The topological polar surface area (TPSA) is 43.1 Å². The molecule has 2 heteroatoms. The molecule has 0 aromatic heterocycles. The molecule has 0 heterocycles. The quantitative estimate of drug-likeness (QED) is 0.644. The van der Waals surface area contributed by atoms with Gasteiger partial charge in [-0.05, 0) is 6.92 Å². The Morgan fingerprint density at radius 1 is 1.40 bits per heavy atom. The largest absolute Gasteiger partial charge is 0.402 e. The van der Waals surface area contributed by atoms with Crippen molar-refractivity contribution in [1.29, 1.82) is 0 Å². The van der Waals surface area contributed by atoms with Gasteiger partial charge in [-0.25, -0.2) is 0 Å². The molecule has 10 heavy (non-hydrogen) atoms. The molecule has 2 atom stereocenters. The number of allylic oxidation sites excluding steroid dienone is 1. The van der Waals surface area contributed by atoms with Crippen LogP contribution in [0.2, 0.25) is 0 Å². The van der Waals surface area contributed by atoms with Crippen LogP contribution in [0.1, 0.15) is 20.8 Å². The van der Waals surface area contributed by atoms with Gasteiger partial charge in [0, 0.05) is 17.5 Å². The van der Waals surface area contributed by atoms with E-state index < -0.39 is 0 Å². The van der Waals surface area contributed by atoms with Gasteiger partial charge in [0.05, 0.1) is 0 Å². The van der Waals surface area contributed by atoms with Gasteiger partial charge in [0.15, 0.2) is 0 Å². The lowest BCUT2D eigenvalue weighted by molar-refractivity contribution is -0.121. The van der Waals surface area contributed by atoms with Gasteiger partial charge >= 0.3 is 0 Å². The fourth-order valence-corrected chi connectivity index (χ4v) is 0.673. The van der Waals surface area contributed by atoms with Crippen LogP contribution in [-0.2, 0) is 4.79 Å². The summed E-state index contributed by atoms with van der Waals surface area (Å²) in [4.78, 5) is 10.8. The Hall–Kier alpha value is -0.790. The maximum absolute atomic E-state index is 10.8. The summed E-state index contributed by atoms with van der Waals surface area (Å²) in [6, 6.07) is 0. The zero-order valence-electron chi connectivity index (χ0n) is 6.85. The lowest BCUT2D eigenvalue weighted by Gasteiger charge is -2.16. The van der Waals surface area contributed by atoms with Crippen molar-refractivity contribution in [3.05, 3.63) is 12.3 Å². The first-order chi connectivity index (χ1) is 4.46. The van der Waals surface area contributed by atoms with Gasteiger partial charge in [-0.2, -0.15) is 0 Å². The van der Waals surface area contributed by atoms with Gasteiger partial charge in [-0.15, -0.1) is 0 Å². The zero-order chi connectivity index (χ0) is 8.31. The Morgan fingerprint density at radius 3 is 1.90 bits per heavy atom. The van der Waals surface area contributed by atoms with Crippen LogP contribution in [0.4, 0.5) is 0 Å². The highest BCUT2D eigenvalue weighted by atomic mass is 16.1.